The number of nitrogens with one attached hydrogen (secondary N) is 1. The molecule has 0 spiro atoms. The maximum atomic E-state index is 5.87. The summed E-state index contributed by atoms with van der Waals surface area (Å²) in [5.41, 5.74) is 7.33. The van der Waals surface area contributed by atoms with Crippen molar-refractivity contribution in [2.45, 2.75) is 13.0 Å². The molecule has 2 aromatic rings. The molecule has 0 amide bonds. The van der Waals surface area contributed by atoms with E-state index in [1.807, 2.05) is 6.92 Å². The molecule has 0 fully saturated rings. The van der Waals surface area contributed by atoms with Crippen LogP contribution < -0.4 is 5.73 Å². The molecule has 1 aromatic heterocycles. The van der Waals surface area contributed by atoms with Gasteiger partial charge >= 0.3 is 0 Å². The molecule has 1 heterocycles. The van der Waals surface area contributed by atoms with E-state index in [1.165, 1.54) is 0 Å². The summed E-state index contributed by atoms with van der Waals surface area (Å²) in [4.78, 5) is 7.37. The zero-order valence-electron chi connectivity index (χ0n) is 7.51. The van der Waals surface area contributed by atoms with Gasteiger partial charge in [0.25, 0.3) is 0 Å². The van der Waals surface area contributed by atoms with Gasteiger partial charge in [-0.25, -0.2) is 4.98 Å². The summed E-state index contributed by atoms with van der Waals surface area (Å²) < 4.78 is 0. The van der Waals surface area contributed by atoms with Crippen LogP contribution in [0.3, 0.4) is 0 Å². The minimum absolute atomic E-state index is 0.125. The van der Waals surface area contributed by atoms with Crippen molar-refractivity contribution in [1.29, 1.82) is 0 Å². The van der Waals surface area contributed by atoms with Crippen LogP contribution in [0.4, 0.5) is 0 Å². The quantitative estimate of drug-likeness (QED) is 0.791. The smallest absolute Gasteiger partial charge is 0.123 e. The molecule has 5 heteroatoms. The van der Waals surface area contributed by atoms with Crippen molar-refractivity contribution in [3.8, 4) is 0 Å². The number of benzene rings is 1. The Morgan fingerprint density at radius 1 is 1.36 bits per heavy atom. The van der Waals surface area contributed by atoms with E-state index in [-0.39, 0.29) is 6.04 Å². The number of nitrogens with two attached hydrogens (primary N) is 1. The number of hydrogen-bond donors (Lipinski definition) is 2. The highest BCUT2D eigenvalue weighted by Crippen LogP contribution is 2.27. The monoisotopic (exact) mass is 229 g/mol. The Balaban J connectivity index is 2.66. The van der Waals surface area contributed by atoms with Gasteiger partial charge in [-0.3, -0.25) is 0 Å². The van der Waals surface area contributed by atoms with Crippen molar-refractivity contribution in [3.63, 3.8) is 0 Å². The van der Waals surface area contributed by atoms with Gasteiger partial charge in [0.1, 0.15) is 5.82 Å². The molecule has 0 aliphatic heterocycles. The molecule has 0 saturated heterocycles. The molecule has 1 atom stereocenters. The first-order valence-electron chi connectivity index (χ1n) is 4.18. The molecule has 0 bridgehead atoms. The molecule has 0 radical (unpaired) electrons. The first kappa shape index (κ1) is 9.77. The standard InChI is InChI=1S/C9H9Cl2N3/c1-4(12)9-13-7-2-5(10)6(11)3-8(7)14-9/h2-4H,12H2,1H3,(H,13,14). The van der Waals surface area contributed by atoms with Gasteiger partial charge in [-0.15, -0.1) is 0 Å². The highest BCUT2D eigenvalue weighted by atomic mass is 35.5. The SMILES string of the molecule is CC(N)c1nc2cc(Cl)c(Cl)cc2[nH]1. The number of nitrogens with zero attached hydrogens (tertiary/aromatic N) is 1. The lowest BCUT2D eigenvalue weighted by atomic mass is 10.3. The molecule has 74 valence electrons. The number of aromatic amines is 1. The third-order valence-corrected chi connectivity index (χ3v) is 2.70. The predicted molar refractivity (Wildman–Crippen MR) is 58.7 cm³/mol. The van der Waals surface area contributed by atoms with Gasteiger partial charge in [0.2, 0.25) is 0 Å². The Kier molecular flexibility index (Phi) is 2.39. The van der Waals surface area contributed by atoms with Crippen LogP contribution in [0.1, 0.15) is 18.8 Å². The van der Waals surface area contributed by atoms with E-state index in [0.29, 0.717) is 10.0 Å². The Hall–Kier alpha value is -0.770. The van der Waals surface area contributed by atoms with Crippen LogP contribution >= 0.6 is 23.2 Å². The van der Waals surface area contributed by atoms with Gasteiger partial charge in [-0.2, -0.15) is 0 Å². The second-order valence-electron chi connectivity index (χ2n) is 3.19. The minimum Gasteiger partial charge on any atom is -0.341 e. The summed E-state index contributed by atoms with van der Waals surface area (Å²) in [6.07, 6.45) is 0. The maximum absolute atomic E-state index is 5.87. The molecular formula is C9H9Cl2N3. The van der Waals surface area contributed by atoms with E-state index in [4.69, 9.17) is 28.9 Å². The van der Waals surface area contributed by atoms with E-state index >= 15 is 0 Å². The van der Waals surface area contributed by atoms with Gasteiger partial charge < -0.3 is 10.7 Å². The van der Waals surface area contributed by atoms with E-state index in [2.05, 4.69) is 9.97 Å². The summed E-state index contributed by atoms with van der Waals surface area (Å²) in [5, 5.41) is 1.01. The van der Waals surface area contributed by atoms with Crippen molar-refractivity contribution < 1.29 is 0 Å². The number of rotatable bonds is 1. The van der Waals surface area contributed by atoms with Gasteiger partial charge in [-0.1, -0.05) is 23.2 Å². The van der Waals surface area contributed by atoms with Gasteiger partial charge in [0.05, 0.1) is 27.1 Å². The fourth-order valence-corrected chi connectivity index (χ4v) is 1.56. The summed E-state index contributed by atoms with van der Waals surface area (Å²) >= 11 is 11.7. The highest BCUT2D eigenvalue weighted by molar-refractivity contribution is 6.42. The van der Waals surface area contributed by atoms with Crippen LogP contribution in [-0.4, -0.2) is 9.97 Å². The Labute approximate surface area is 91.2 Å². The van der Waals surface area contributed by atoms with Crippen LogP contribution in [0.15, 0.2) is 12.1 Å². The lowest BCUT2D eigenvalue weighted by Crippen LogP contribution is -2.06. The largest absolute Gasteiger partial charge is 0.341 e. The number of imidazole rings is 1. The first-order chi connectivity index (χ1) is 6.58. The molecular weight excluding hydrogens is 221 g/mol. The van der Waals surface area contributed by atoms with Crippen LogP contribution in [0.2, 0.25) is 10.0 Å². The molecule has 14 heavy (non-hydrogen) atoms. The van der Waals surface area contributed by atoms with Crippen LogP contribution in [0.5, 0.6) is 0 Å². The van der Waals surface area contributed by atoms with Crippen LogP contribution in [0.25, 0.3) is 11.0 Å². The zero-order chi connectivity index (χ0) is 10.3. The maximum Gasteiger partial charge on any atom is 0.123 e. The molecule has 3 nitrogen and oxygen atoms in total. The number of halogens is 2. The Bertz CT molecular complexity index is 437. The lowest BCUT2D eigenvalue weighted by Gasteiger charge is -1.96. The summed E-state index contributed by atoms with van der Waals surface area (Å²) in [6, 6.07) is 3.35. The van der Waals surface area contributed by atoms with Crippen molar-refractivity contribution in [1.82, 2.24) is 9.97 Å². The first-order valence-corrected chi connectivity index (χ1v) is 4.94. The normalized spacial score (nSPS) is 13.4. The topological polar surface area (TPSA) is 54.7 Å². The van der Waals surface area contributed by atoms with E-state index in [9.17, 15) is 0 Å². The second kappa shape index (κ2) is 3.42. The molecule has 3 N–H and O–H groups in total. The van der Waals surface area contributed by atoms with Gasteiger partial charge in [0.15, 0.2) is 0 Å². The number of H-pyrrole nitrogens is 1. The van der Waals surface area contributed by atoms with Crippen molar-refractivity contribution >= 4 is 34.2 Å². The average molecular weight is 230 g/mol. The van der Waals surface area contributed by atoms with Crippen LogP contribution in [-0.2, 0) is 0 Å². The fraction of sp³-hybridized carbons (Fsp3) is 0.222. The summed E-state index contributed by atoms with van der Waals surface area (Å²) in [6.45, 7) is 1.86. The van der Waals surface area contributed by atoms with Gasteiger partial charge in [-0.05, 0) is 19.1 Å². The molecule has 0 aliphatic carbocycles. The summed E-state index contributed by atoms with van der Waals surface area (Å²) in [5.74, 6) is 0.735. The van der Waals surface area contributed by atoms with E-state index < -0.39 is 0 Å². The zero-order valence-corrected chi connectivity index (χ0v) is 9.02. The summed E-state index contributed by atoms with van der Waals surface area (Å²) in [7, 11) is 0. The minimum atomic E-state index is -0.125. The van der Waals surface area contributed by atoms with E-state index in [1.54, 1.807) is 12.1 Å². The van der Waals surface area contributed by atoms with Crippen molar-refractivity contribution in [2.75, 3.05) is 0 Å². The Morgan fingerprint density at radius 3 is 2.64 bits per heavy atom. The predicted octanol–water partition coefficient (Wildman–Crippen LogP) is 2.89. The molecule has 0 aliphatic rings. The third kappa shape index (κ3) is 1.59. The van der Waals surface area contributed by atoms with Crippen molar-refractivity contribution in [3.05, 3.63) is 28.0 Å². The molecule has 1 aromatic carbocycles. The van der Waals surface area contributed by atoms with E-state index in [0.717, 1.165) is 16.9 Å². The fourth-order valence-electron chi connectivity index (χ4n) is 1.24. The third-order valence-electron chi connectivity index (χ3n) is 1.97. The Morgan fingerprint density at radius 2 is 2.00 bits per heavy atom. The number of aromatic nitrogens is 2. The highest BCUT2D eigenvalue weighted by Gasteiger charge is 2.08. The number of hydrogen-bond acceptors (Lipinski definition) is 2. The van der Waals surface area contributed by atoms with Gasteiger partial charge in [0, 0.05) is 0 Å². The molecule has 1 unspecified atom stereocenters. The number of fused-ring (bicyclic) bond motifs is 1. The second-order valence-corrected chi connectivity index (χ2v) is 4.01. The average Bonchev–Trinajstić information content (AvgIpc) is 2.48. The van der Waals surface area contributed by atoms with Crippen LogP contribution in [0, 0.1) is 0 Å². The van der Waals surface area contributed by atoms with Crippen molar-refractivity contribution in [2.24, 2.45) is 5.73 Å². The lowest BCUT2D eigenvalue weighted by molar-refractivity contribution is 0.760. The molecule has 2 rings (SSSR count). The molecule has 0 saturated carbocycles.